The van der Waals surface area contributed by atoms with Gasteiger partial charge < -0.3 is 40.6 Å². The second kappa shape index (κ2) is 17.0. The van der Waals surface area contributed by atoms with E-state index in [0.717, 1.165) is 6.08 Å². The van der Waals surface area contributed by atoms with Gasteiger partial charge in [-0.3, -0.25) is 14.4 Å². The number of fused-ring (bicyclic) bond motifs is 2. The van der Waals surface area contributed by atoms with Gasteiger partial charge in [-0.25, -0.2) is 4.79 Å². The van der Waals surface area contributed by atoms with Gasteiger partial charge in [0.05, 0.1) is 23.6 Å². The van der Waals surface area contributed by atoms with Crippen molar-refractivity contribution in [2.75, 3.05) is 41.4 Å². The summed E-state index contributed by atoms with van der Waals surface area (Å²) in [4.78, 5) is 53.7. The Kier molecular flexibility index (Phi) is 14.2. The Morgan fingerprint density at radius 3 is 2.43 bits per heavy atom. The summed E-state index contributed by atoms with van der Waals surface area (Å²) in [6, 6.07) is 0. The molecule has 0 aromatic carbocycles. The van der Waals surface area contributed by atoms with Gasteiger partial charge in [0.2, 0.25) is 11.6 Å². The zero-order valence-corrected chi connectivity index (χ0v) is 27.0. The fourth-order valence-corrected chi connectivity index (χ4v) is 5.18. The summed E-state index contributed by atoms with van der Waals surface area (Å²) in [7, 11) is 6.74. The van der Waals surface area contributed by atoms with Crippen LogP contribution in [0.4, 0.5) is 4.79 Å². The number of aliphatic hydroxyl groups excluding tert-OH is 1. The zero-order valence-electron chi connectivity index (χ0n) is 27.0. The van der Waals surface area contributed by atoms with Crippen LogP contribution in [0.15, 0.2) is 58.5 Å². The smallest absolute Gasteiger partial charge is 0.405 e. The van der Waals surface area contributed by atoms with Gasteiger partial charge in [-0.1, -0.05) is 38.2 Å². The molecule has 0 aromatic heterocycles. The lowest BCUT2D eigenvalue weighted by Crippen LogP contribution is -2.38. The molecule has 0 fully saturated rings. The topological polar surface area (TPSA) is 170 Å². The molecule has 1 aliphatic heterocycles. The molecule has 1 aliphatic carbocycles. The number of carbonyl (C=O) groups excluding carboxylic acids is 4. The number of nitrogens with zero attached hydrogens (tertiary/aromatic N) is 1. The molecular weight excluding hydrogens is 568 g/mol. The lowest BCUT2D eigenvalue weighted by molar-refractivity contribution is -0.120. The SMILES string of the molecule is CO[C@H]1/C=C\C=C(/C)C(=O)NC2=CC(=O)C(NCCN(C)C)=C(C[C@@H](C)C[C@H](OC)[C@@H](O)[C@H](C)/C=C(\C)[C@@H]1OC(N)=O)C2=O. The number of nitrogens with one attached hydrogen (secondary N) is 2. The van der Waals surface area contributed by atoms with E-state index >= 15 is 0 Å². The average Bonchev–Trinajstić information content (AvgIpc) is 2.95. The maximum absolute atomic E-state index is 13.7. The van der Waals surface area contributed by atoms with Crippen molar-refractivity contribution in [3.8, 4) is 0 Å². The molecule has 5 N–H and O–H groups in total. The Labute approximate surface area is 260 Å². The minimum atomic E-state index is -0.997. The quantitative estimate of drug-likeness (QED) is 0.245. The molecule has 2 amide bonds. The number of primary amides is 1. The number of methoxy groups -OCH3 is 2. The number of aliphatic hydroxyl groups is 1. The Bertz CT molecular complexity index is 1230. The van der Waals surface area contributed by atoms with Crippen molar-refractivity contribution in [1.82, 2.24) is 15.5 Å². The van der Waals surface area contributed by atoms with E-state index in [1.54, 1.807) is 32.1 Å². The van der Waals surface area contributed by atoms with Crippen LogP contribution in [0, 0.1) is 11.8 Å². The van der Waals surface area contributed by atoms with Crippen LogP contribution in [0.25, 0.3) is 0 Å². The molecule has 12 heteroatoms. The van der Waals surface area contributed by atoms with Crippen molar-refractivity contribution in [3.63, 3.8) is 0 Å². The van der Waals surface area contributed by atoms with E-state index in [4.69, 9.17) is 19.9 Å². The van der Waals surface area contributed by atoms with Crippen molar-refractivity contribution < 1.29 is 38.5 Å². The van der Waals surface area contributed by atoms with Gasteiger partial charge in [-0.05, 0) is 52.3 Å². The highest BCUT2D eigenvalue weighted by molar-refractivity contribution is 6.23. The molecule has 44 heavy (non-hydrogen) atoms. The highest BCUT2D eigenvalue weighted by Crippen LogP contribution is 2.28. The van der Waals surface area contributed by atoms with E-state index < -0.39 is 53.9 Å². The molecule has 0 aromatic rings. The van der Waals surface area contributed by atoms with E-state index in [1.807, 2.05) is 32.8 Å². The summed E-state index contributed by atoms with van der Waals surface area (Å²) in [5.41, 5.74) is 6.55. The summed E-state index contributed by atoms with van der Waals surface area (Å²) >= 11 is 0. The van der Waals surface area contributed by atoms with Gasteiger partial charge in [0, 0.05) is 50.4 Å². The van der Waals surface area contributed by atoms with Crippen LogP contribution in [0.2, 0.25) is 0 Å². The van der Waals surface area contributed by atoms with Crippen molar-refractivity contribution in [3.05, 3.63) is 58.5 Å². The van der Waals surface area contributed by atoms with Crippen molar-refractivity contribution in [2.45, 2.75) is 65.0 Å². The fraction of sp³-hybridized carbons (Fsp3) is 0.562. The number of ketones is 2. The Morgan fingerprint density at radius 2 is 1.84 bits per heavy atom. The van der Waals surface area contributed by atoms with E-state index in [9.17, 15) is 24.3 Å². The summed E-state index contributed by atoms with van der Waals surface area (Å²) in [6.45, 7) is 8.09. The molecule has 0 saturated carbocycles. The number of hydrogen-bond acceptors (Lipinski definition) is 10. The summed E-state index contributed by atoms with van der Waals surface area (Å²) in [5.74, 6) is -2.06. The van der Waals surface area contributed by atoms with Crippen LogP contribution >= 0.6 is 0 Å². The Morgan fingerprint density at radius 1 is 1.16 bits per heavy atom. The summed E-state index contributed by atoms with van der Waals surface area (Å²) in [5, 5.41) is 17.0. The zero-order chi connectivity index (χ0) is 33.1. The molecular formula is C32H48N4O8. The molecule has 12 nitrogen and oxygen atoms in total. The number of amides is 2. The minimum Gasteiger partial charge on any atom is -0.439 e. The molecule has 2 aliphatic rings. The molecule has 0 unspecified atom stereocenters. The van der Waals surface area contributed by atoms with Gasteiger partial charge >= 0.3 is 6.09 Å². The maximum Gasteiger partial charge on any atom is 0.405 e. The molecule has 244 valence electrons. The Balaban J connectivity index is 2.60. The van der Waals surface area contributed by atoms with Crippen LogP contribution in [0.5, 0.6) is 0 Å². The Hall–Kier alpha value is -3.58. The van der Waals surface area contributed by atoms with Crippen LogP contribution in [0.3, 0.4) is 0 Å². The van der Waals surface area contributed by atoms with Crippen molar-refractivity contribution in [1.29, 1.82) is 0 Å². The summed E-state index contributed by atoms with van der Waals surface area (Å²) < 4.78 is 16.6. The number of carbonyl (C=O) groups is 4. The lowest BCUT2D eigenvalue weighted by Gasteiger charge is -2.30. The van der Waals surface area contributed by atoms with Crippen LogP contribution in [-0.4, -0.2) is 99.4 Å². The first-order valence-electron chi connectivity index (χ1n) is 14.7. The molecule has 0 spiro atoms. The maximum atomic E-state index is 13.7. The van der Waals surface area contributed by atoms with E-state index in [2.05, 4.69) is 10.6 Å². The molecule has 2 bridgehead atoms. The van der Waals surface area contributed by atoms with E-state index in [-0.39, 0.29) is 34.9 Å². The number of rotatable bonds is 7. The number of hydrogen-bond donors (Lipinski definition) is 4. The highest BCUT2D eigenvalue weighted by Gasteiger charge is 2.33. The van der Waals surface area contributed by atoms with Crippen molar-refractivity contribution >= 4 is 23.6 Å². The number of Topliss-reactive ketones (excluding diaryl/α,β-unsaturated/α-hetero) is 1. The largest absolute Gasteiger partial charge is 0.439 e. The monoisotopic (exact) mass is 616 g/mol. The lowest BCUT2D eigenvalue weighted by atomic mass is 9.85. The third kappa shape index (κ3) is 10.3. The van der Waals surface area contributed by atoms with Gasteiger partial charge in [0.1, 0.15) is 6.10 Å². The number of nitrogens with two attached hydrogens (primary N) is 1. The van der Waals surface area contributed by atoms with Gasteiger partial charge in [-0.15, -0.1) is 0 Å². The second-order valence-corrected chi connectivity index (χ2v) is 11.7. The first-order chi connectivity index (χ1) is 20.7. The predicted octanol–water partition coefficient (Wildman–Crippen LogP) is 1.91. The van der Waals surface area contributed by atoms with Gasteiger partial charge in [0.15, 0.2) is 6.10 Å². The second-order valence-electron chi connectivity index (χ2n) is 11.7. The van der Waals surface area contributed by atoms with E-state index in [1.165, 1.54) is 20.3 Å². The number of ether oxygens (including phenoxy) is 3. The first kappa shape index (κ1) is 36.6. The van der Waals surface area contributed by atoms with Crippen molar-refractivity contribution in [2.24, 2.45) is 17.6 Å². The van der Waals surface area contributed by atoms with E-state index in [0.29, 0.717) is 25.1 Å². The number of likely N-dealkylation sites (N-methyl/N-ethyl adjacent to an activating group) is 1. The summed E-state index contributed by atoms with van der Waals surface area (Å²) in [6.07, 6.45) is 3.88. The molecule has 2 rings (SSSR count). The molecule has 0 saturated heterocycles. The third-order valence-electron chi connectivity index (χ3n) is 7.65. The van der Waals surface area contributed by atoms with Gasteiger partial charge in [-0.2, -0.15) is 0 Å². The third-order valence-corrected chi connectivity index (χ3v) is 7.65. The molecule has 0 radical (unpaired) electrons. The normalized spacial score (nSPS) is 31.0. The standard InChI is InChI=1S/C32H48N4O8/c1-18-14-22-27(34-12-13-36(5)6)24(37)17-23(29(22)39)35-31(40)19(2)10-9-11-25(42-7)30(44-32(33)41)21(4)16-20(3)28(38)26(15-18)43-8/h9-11,16-18,20,25-26,28,30,34,38H,12-15H2,1-8H3,(H2,33,41)(H,35,40)/b11-9-,19-10+,21-16+/t18-,20-,25+,26+,28+,30+/m1/s1. The number of allylic oxidation sites excluding steroid dienone is 4. The minimum absolute atomic E-state index is 0.114. The van der Waals surface area contributed by atoms with Gasteiger partial charge in [0.25, 0.3) is 5.91 Å². The van der Waals surface area contributed by atoms with Crippen LogP contribution in [-0.2, 0) is 28.6 Å². The predicted molar refractivity (Wildman–Crippen MR) is 166 cm³/mol. The fourth-order valence-electron chi connectivity index (χ4n) is 5.18. The molecule has 1 heterocycles. The first-order valence-corrected chi connectivity index (χ1v) is 14.7. The van der Waals surface area contributed by atoms with Crippen LogP contribution < -0.4 is 16.4 Å². The average molecular weight is 617 g/mol. The van der Waals surface area contributed by atoms with Crippen LogP contribution in [0.1, 0.15) is 40.5 Å². The highest BCUT2D eigenvalue weighted by atomic mass is 16.6. The molecule has 6 atom stereocenters.